The van der Waals surface area contributed by atoms with Gasteiger partial charge in [0, 0.05) is 18.6 Å². The second kappa shape index (κ2) is 8.25. The van der Waals surface area contributed by atoms with Gasteiger partial charge in [-0.3, -0.25) is 4.90 Å². The van der Waals surface area contributed by atoms with Gasteiger partial charge in [-0.15, -0.1) is 0 Å². The van der Waals surface area contributed by atoms with Gasteiger partial charge in [-0.25, -0.2) is 0 Å². The van der Waals surface area contributed by atoms with Gasteiger partial charge in [-0.2, -0.15) is 0 Å². The standard InChI is InChI=1S/C12H28N2/c1-5-7-8-12(10-13)14(9-6-2)11(3)4/h11-12H,5-10,13H2,1-4H3. The van der Waals surface area contributed by atoms with Crippen molar-refractivity contribution in [3.8, 4) is 0 Å². The molecule has 2 heteroatoms. The van der Waals surface area contributed by atoms with Crippen molar-refractivity contribution in [3.63, 3.8) is 0 Å². The summed E-state index contributed by atoms with van der Waals surface area (Å²) in [5.41, 5.74) is 5.84. The quantitative estimate of drug-likeness (QED) is 0.652. The molecule has 2 nitrogen and oxygen atoms in total. The molecule has 0 fully saturated rings. The molecule has 0 aliphatic carbocycles. The van der Waals surface area contributed by atoms with Crippen LogP contribution < -0.4 is 5.73 Å². The number of nitrogens with two attached hydrogens (primary N) is 1. The molecule has 14 heavy (non-hydrogen) atoms. The van der Waals surface area contributed by atoms with Crippen molar-refractivity contribution in [1.29, 1.82) is 0 Å². The molecule has 86 valence electrons. The molecule has 0 spiro atoms. The number of unbranched alkanes of at least 4 members (excludes halogenated alkanes) is 1. The van der Waals surface area contributed by atoms with E-state index in [1.54, 1.807) is 0 Å². The minimum atomic E-state index is 0.592. The Morgan fingerprint density at radius 3 is 2.14 bits per heavy atom. The fourth-order valence-electron chi connectivity index (χ4n) is 1.98. The maximum absolute atomic E-state index is 5.84. The van der Waals surface area contributed by atoms with E-state index in [9.17, 15) is 0 Å². The third-order valence-electron chi connectivity index (χ3n) is 2.78. The first-order chi connectivity index (χ1) is 6.67. The zero-order valence-electron chi connectivity index (χ0n) is 10.4. The van der Waals surface area contributed by atoms with Gasteiger partial charge in [0.2, 0.25) is 0 Å². The summed E-state index contributed by atoms with van der Waals surface area (Å²) in [5.74, 6) is 0. The van der Waals surface area contributed by atoms with Gasteiger partial charge in [0.25, 0.3) is 0 Å². The third kappa shape index (κ3) is 4.97. The monoisotopic (exact) mass is 200 g/mol. The van der Waals surface area contributed by atoms with Crippen LogP contribution in [0.2, 0.25) is 0 Å². The second-order valence-electron chi connectivity index (χ2n) is 4.36. The molecule has 0 aromatic carbocycles. The lowest BCUT2D eigenvalue weighted by Crippen LogP contribution is -2.45. The van der Waals surface area contributed by atoms with Crippen LogP contribution in [0.4, 0.5) is 0 Å². The molecular formula is C12H28N2. The average molecular weight is 200 g/mol. The molecule has 1 unspecified atom stereocenters. The smallest absolute Gasteiger partial charge is 0.0221 e. The third-order valence-corrected chi connectivity index (χ3v) is 2.78. The van der Waals surface area contributed by atoms with Crippen LogP contribution in [0.3, 0.4) is 0 Å². The van der Waals surface area contributed by atoms with Gasteiger partial charge < -0.3 is 5.73 Å². The van der Waals surface area contributed by atoms with Crippen LogP contribution in [-0.2, 0) is 0 Å². The Balaban J connectivity index is 4.11. The van der Waals surface area contributed by atoms with Crippen molar-refractivity contribution >= 4 is 0 Å². The van der Waals surface area contributed by atoms with Gasteiger partial charge in [-0.05, 0) is 33.2 Å². The van der Waals surface area contributed by atoms with Gasteiger partial charge in [0.1, 0.15) is 0 Å². The molecule has 0 aliphatic heterocycles. The minimum Gasteiger partial charge on any atom is -0.329 e. The van der Waals surface area contributed by atoms with E-state index >= 15 is 0 Å². The zero-order chi connectivity index (χ0) is 11.0. The Morgan fingerprint density at radius 1 is 1.14 bits per heavy atom. The summed E-state index contributed by atoms with van der Waals surface area (Å²) in [4.78, 5) is 2.55. The maximum atomic E-state index is 5.84. The SMILES string of the molecule is CCCCC(CN)N(CCC)C(C)C. The summed E-state index contributed by atoms with van der Waals surface area (Å²) >= 11 is 0. The molecule has 0 rings (SSSR count). The predicted octanol–water partition coefficient (Wildman–Crippen LogP) is 2.62. The summed E-state index contributed by atoms with van der Waals surface area (Å²) in [5, 5.41) is 0. The van der Waals surface area contributed by atoms with Crippen molar-refractivity contribution in [2.75, 3.05) is 13.1 Å². The normalized spacial score (nSPS) is 13.9. The number of nitrogens with zero attached hydrogens (tertiary/aromatic N) is 1. The van der Waals surface area contributed by atoms with Crippen molar-refractivity contribution in [2.45, 2.75) is 65.5 Å². The first-order valence-corrected chi connectivity index (χ1v) is 6.13. The Kier molecular flexibility index (Phi) is 8.20. The Hall–Kier alpha value is -0.0800. The van der Waals surface area contributed by atoms with E-state index in [0.29, 0.717) is 12.1 Å². The highest BCUT2D eigenvalue weighted by Crippen LogP contribution is 2.12. The van der Waals surface area contributed by atoms with Gasteiger partial charge in [-0.1, -0.05) is 26.7 Å². The van der Waals surface area contributed by atoms with Crippen molar-refractivity contribution < 1.29 is 0 Å². The van der Waals surface area contributed by atoms with E-state index in [1.807, 2.05) is 0 Å². The fraction of sp³-hybridized carbons (Fsp3) is 1.00. The van der Waals surface area contributed by atoms with E-state index in [-0.39, 0.29) is 0 Å². The topological polar surface area (TPSA) is 29.3 Å². The molecule has 0 heterocycles. The Bertz CT molecular complexity index is 123. The van der Waals surface area contributed by atoms with Gasteiger partial charge in [0.15, 0.2) is 0 Å². The summed E-state index contributed by atoms with van der Waals surface area (Å²) in [7, 11) is 0. The average Bonchev–Trinajstić information content (AvgIpc) is 2.17. The lowest BCUT2D eigenvalue weighted by atomic mass is 10.1. The maximum Gasteiger partial charge on any atom is 0.0221 e. The molecular weight excluding hydrogens is 172 g/mol. The highest BCUT2D eigenvalue weighted by atomic mass is 15.2. The van der Waals surface area contributed by atoms with E-state index in [2.05, 4.69) is 32.6 Å². The van der Waals surface area contributed by atoms with Gasteiger partial charge >= 0.3 is 0 Å². The first kappa shape index (κ1) is 13.9. The molecule has 0 aromatic heterocycles. The van der Waals surface area contributed by atoms with Crippen molar-refractivity contribution in [3.05, 3.63) is 0 Å². The summed E-state index contributed by atoms with van der Waals surface area (Å²) in [6, 6.07) is 1.22. The molecule has 0 saturated carbocycles. The molecule has 0 aliphatic rings. The van der Waals surface area contributed by atoms with E-state index in [0.717, 1.165) is 6.54 Å². The largest absolute Gasteiger partial charge is 0.329 e. The van der Waals surface area contributed by atoms with Crippen LogP contribution >= 0.6 is 0 Å². The summed E-state index contributed by atoms with van der Waals surface area (Å²) in [6.07, 6.45) is 5.05. The Labute approximate surface area is 89.9 Å². The molecule has 0 radical (unpaired) electrons. The molecule has 0 saturated heterocycles. The number of hydrogen-bond donors (Lipinski definition) is 1. The predicted molar refractivity (Wildman–Crippen MR) is 64.5 cm³/mol. The fourth-order valence-corrected chi connectivity index (χ4v) is 1.98. The molecule has 1 atom stereocenters. The molecule has 0 bridgehead atoms. The van der Waals surface area contributed by atoms with Gasteiger partial charge in [0.05, 0.1) is 0 Å². The van der Waals surface area contributed by atoms with Crippen LogP contribution in [0.5, 0.6) is 0 Å². The zero-order valence-corrected chi connectivity index (χ0v) is 10.4. The molecule has 0 aromatic rings. The number of hydrogen-bond acceptors (Lipinski definition) is 2. The van der Waals surface area contributed by atoms with E-state index in [4.69, 9.17) is 5.73 Å². The summed E-state index contributed by atoms with van der Waals surface area (Å²) in [6.45, 7) is 11.0. The second-order valence-corrected chi connectivity index (χ2v) is 4.36. The van der Waals surface area contributed by atoms with E-state index < -0.39 is 0 Å². The van der Waals surface area contributed by atoms with Crippen LogP contribution in [0.15, 0.2) is 0 Å². The first-order valence-electron chi connectivity index (χ1n) is 6.13. The van der Waals surface area contributed by atoms with Crippen LogP contribution in [0.25, 0.3) is 0 Å². The lowest BCUT2D eigenvalue weighted by molar-refractivity contribution is 0.147. The van der Waals surface area contributed by atoms with Crippen LogP contribution in [-0.4, -0.2) is 30.1 Å². The van der Waals surface area contributed by atoms with Crippen LogP contribution in [0.1, 0.15) is 53.4 Å². The Morgan fingerprint density at radius 2 is 1.79 bits per heavy atom. The minimum absolute atomic E-state index is 0.592. The van der Waals surface area contributed by atoms with Crippen LogP contribution in [0, 0.1) is 0 Å². The molecule has 2 N–H and O–H groups in total. The van der Waals surface area contributed by atoms with Crippen molar-refractivity contribution in [1.82, 2.24) is 4.90 Å². The highest BCUT2D eigenvalue weighted by Gasteiger charge is 2.18. The number of rotatable bonds is 8. The highest BCUT2D eigenvalue weighted by molar-refractivity contribution is 4.75. The molecule has 0 amide bonds. The summed E-state index contributed by atoms with van der Waals surface area (Å²) < 4.78 is 0. The van der Waals surface area contributed by atoms with E-state index in [1.165, 1.54) is 32.2 Å². The lowest BCUT2D eigenvalue weighted by Gasteiger charge is -2.34. The van der Waals surface area contributed by atoms with Crippen molar-refractivity contribution in [2.24, 2.45) is 5.73 Å².